The van der Waals surface area contributed by atoms with Crippen LogP contribution in [-0.4, -0.2) is 31.3 Å². The molecule has 1 atom stereocenters. The minimum absolute atomic E-state index is 0.329. The van der Waals surface area contributed by atoms with Crippen LogP contribution in [0.2, 0.25) is 0 Å². The van der Waals surface area contributed by atoms with Gasteiger partial charge in [-0.15, -0.1) is 0 Å². The molecule has 1 amide bonds. The number of hydrogen-bond acceptors (Lipinski definition) is 4. The third-order valence-corrected chi connectivity index (χ3v) is 3.54. The van der Waals surface area contributed by atoms with Crippen LogP contribution in [0.15, 0.2) is 30.3 Å². The number of benzene rings is 1. The molecule has 5 nitrogen and oxygen atoms in total. The van der Waals surface area contributed by atoms with Gasteiger partial charge in [0.1, 0.15) is 6.04 Å². The Bertz CT molecular complexity index is 476. The summed E-state index contributed by atoms with van der Waals surface area (Å²) in [5.41, 5.74) is 0.959. The summed E-state index contributed by atoms with van der Waals surface area (Å²) in [5, 5.41) is 2.62. The molecule has 0 spiro atoms. The van der Waals surface area contributed by atoms with Gasteiger partial charge in [0, 0.05) is 6.42 Å². The average molecular weight is 335 g/mol. The second-order valence-electron chi connectivity index (χ2n) is 5.75. The van der Waals surface area contributed by atoms with Gasteiger partial charge in [0.05, 0.1) is 13.2 Å². The van der Waals surface area contributed by atoms with E-state index in [1.165, 1.54) is 0 Å². The standard InChI is InChI=1S/C19H29NO4/c1-3-5-6-10-14-23-18(21)17(20-19(22)24-13-4-2)15-16-11-8-7-9-12-16/h7-9,11-12,17H,3-6,10,13-15H2,1-2H3,(H,20,22)/t17-/m0/s1. The highest BCUT2D eigenvalue weighted by Gasteiger charge is 2.23. The molecule has 0 radical (unpaired) electrons. The van der Waals surface area contributed by atoms with Gasteiger partial charge in [0.15, 0.2) is 0 Å². The average Bonchev–Trinajstić information content (AvgIpc) is 2.60. The number of carbonyl (C=O) groups is 2. The van der Waals surface area contributed by atoms with E-state index in [0.717, 1.165) is 37.7 Å². The molecule has 0 aliphatic rings. The van der Waals surface area contributed by atoms with Gasteiger partial charge in [0.2, 0.25) is 0 Å². The molecule has 0 aliphatic heterocycles. The van der Waals surface area contributed by atoms with Crippen LogP contribution in [0.1, 0.15) is 51.5 Å². The van der Waals surface area contributed by atoms with Crippen molar-refractivity contribution in [2.75, 3.05) is 13.2 Å². The molecule has 0 aromatic heterocycles. The molecule has 0 bridgehead atoms. The first kappa shape index (κ1) is 20.0. The van der Waals surface area contributed by atoms with Crippen LogP contribution in [0.5, 0.6) is 0 Å². The maximum absolute atomic E-state index is 12.3. The van der Waals surface area contributed by atoms with E-state index in [9.17, 15) is 9.59 Å². The molecule has 5 heteroatoms. The van der Waals surface area contributed by atoms with Crippen LogP contribution in [0, 0.1) is 0 Å². The maximum Gasteiger partial charge on any atom is 0.407 e. The monoisotopic (exact) mass is 335 g/mol. The number of unbranched alkanes of at least 4 members (excludes halogenated alkanes) is 3. The summed E-state index contributed by atoms with van der Waals surface area (Å²) in [5.74, 6) is -0.413. The summed E-state index contributed by atoms with van der Waals surface area (Å²) in [6.45, 7) is 4.76. The normalized spacial score (nSPS) is 11.6. The highest BCUT2D eigenvalue weighted by molar-refractivity contribution is 5.81. The Kier molecular flexibility index (Phi) is 10.3. The number of nitrogens with one attached hydrogen (secondary N) is 1. The molecule has 0 saturated carbocycles. The fraction of sp³-hybridized carbons (Fsp3) is 0.579. The van der Waals surface area contributed by atoms with Gasteiger partial charge in [0.25, 0.3) is 0 Å². The summed E-state index contributed by atoms with van der Waals surface area (Å²) in [6.07, 6.45) is 4.69. The Hall–Kier alpha value is -2.04. The van der Waals surface area contributed by atoms with Crippen LogP contribution in [0.25, 0.3) is 0 Å². The third-order valence-electron chi connectivity index (χ3n) is 3.54. The lowest BCUT2D eigenvalue weighted by atomic mass is 10.1. The highest BCUT2D eigenvalue weighted by atomic mass is 16.6. The Labute approximate surface area is 144 Å². The number of alkyl carbamates (subject to hydrolysis) is 1. The van der Waals surface area contributed by atoms with Gasteiger partial charge in [-0.1, -0.05) is 63.4 Å². The van der Waals surface area contributed by atoms with Crippen LogP contribution >= 0.6 is 0 Å². The fourth-order valence-corrected chi connectivity index (χ4v) is 2.22. The Morgan fingerprint density at radius 1 is 0.958 bits per heavy atom. The summed E-state index contributed by atoms with van der Waals surface area (Å²) >= 11 is 0. The summed E-state index contributed by atoms with van der Waals surface area (Å²) < 4.78 is 10.3. The van der Waals surface area contributed by atoms with E-state index in [2.05, 4.69) is 12.2 Å². The Morgan fingerprint density at radius 3 is 2.38 bits per heavy atom. The maximum atomic E-state index is 12.3. The van der Waals surface area contributed by atoms with E-state index < -0.39 is 18.1 Å². The van der Waals surface area contributed by atoms with Crippen molar-refractivity contribution in [3.63, 3.8) is 0 Å². The zero-order valence-corrected chi connectivity index (χ0v) is 14.8. The van der Waals surface area contributed by atoms with Crippen LogP contribution < -0.4 is 5.32 Å². The van der Waals surface area contributed by atoms with Gasteiger partial charge in [-0.05, 0) is 18.4 Å². The first-order valence-electron chi connectivity index (χ1n) is 8.81. The highest BCUT2D eigenvalue weighted by Crippen LogP contribution is 2.06. The lowest BCUT2D eigenvalue weighted by Crippen LogP contribution is -2.43. The second kappa shape index (κ2) is 12.4. The molecule has 1 N–H and O–H groups in total. The van der Waals surface area contributed by atoms with E-state index in [4.69, 9.17) is 9.47 Å². The van der Waals surface area contributed by atoms with Crippen molar-refractivity contribution in [3.05, 3.63) is 35.9 Å². The number of rotatable bonds is 11. The first-order chi connectivity index (χ1) is 11.7. The van der Waals surface area contributed by atoms with Crippen molar-refractivity contribution in [1.82, 2.24) is 5.32 Å². The quantitative estimate of drug-likeness (QED) is 0.493. The lowest BCUT2D eigenvalue weighted by molar-refractivity contribution is -0.146. The van der Waals surface area contributed by atoms with Crippen molar-refractivity contribution in [2.24, 2.45) is 0 Å². The molecule has 134 valence electrons. The van der Waals surface area contributed by atoms with Gasteiger partial charge in [-0.2, -0.15) is 0 Å². The number of amides is 1. The zero-order chi connectivity index (χ0) is 17.6. The smallest absolute Gasteiger partial charge is 0.407 e. The van der Waals surface area contributed by atoms with Crippen LogP contribution in [0.4, 0.5) is 4.79 Å². The van der Waals surface area contributed by atoms with Crippen molar-refractivity contribution in [2.45, 2.75) is 58.4 Å². The molecule has 0 aliphatic carbocycles. The number of ether oxygens (including phenoxy) is 2. The van der Waals surface area contributed by atoms with Crippen LogP contribution in [-0.2, 0) is 20.7 Å². The van der Waals surface area contributed by atoms with Crippen LogP contribution in [0.3, 0.4) is 0 Å². The van der Waals surface area contributed by atoms with Gasteiger partial charge in [-0.3, -0.25) is 0 Å². The minimum atomic E-state index is -0.733. The van der Waals surface area contributed by atoms with Gasteiger partial charge < -0.3 is 14.8 Å². The number of esters is 1. The predicted octanol–water partition coefficient (Wildman–Crippen LogP) is 3.86. The second-order valence-corrected chi connectivity index (χ2v) is 5.75. The van der Waals surface area contributed by atoms with E-state index in [1.54, 1.807) is 0 Å². The fourth-order valence-electron chi connectivity index (χ4n) is 2.22. The molecule has 24 heavy (non-hydrogen) atoms. The van der Waals surface area contributed by atoms with Crippen molar-refractivity contribution < 1.29 is 19.1 Å². The summed E-state index contributed by atoms with van der Waals surface area (Å²) in [4.78, 5) is 24.1. The van der Waals surface area contributed by atoms with Crippen molar-refractivity contribution >= 4 is 12.1 Å². The molecule has 1 rings (SSSR count). The molecule has 0 unspecified atom stereocenters. The SMILES string of the molecule is CCCCCCOC(=O)[C@H](Cc1ccccc1)NC(=O)OCCC. The van der Waals surface area contributed by atoms with E-state index in [1.807, 2.05) is 37.3 Å². The Balaban J connectivity index is 2.55. The predicted molar refractivity (Wildman–Crippen MR) is 93.8 cm³/mol. The van der Waals surface area contributed by atoms with E-state index in [-0.39, 0.29) is 0 Å². The minimum Gasteiger partial charge on any atom is -0.464 e. The van der Waals surface area contributed by atoms with E-state index >= 15 is 0 Å². The molecular formula is C19H29NO4. The largest absolute Gasteiger partial charge is 0.464 e. The molecule has 0 fully saturated rings. The van der Waals surface area contributed by atoms with Gasteiger partial charge >= 0.3 is 12.1 Å². The third kappa shape index (κ3) is 8.56. The number of carbonyl (C=O) groups excluding carboxylic acids is 2. The number of hydrogen-bond donors (Lipinski definition) is 1. The van der Waals surface area contributed by atoms with E-state index in [0.29, 0.717) is 19.6 Å². The van der Waals surface area contributed by atoms with Crippen molar-refractivity contribution in [3.8, 4) is 0 Å². The molecule has 0 saturated heterocycles. The molecule has 1 aromatic rings. The lowest BCUT2D eigenvalue weighted by Gasteiger charge is -2.17. The molecule has 0 heterocycles. The molecule has 1 aromatic carbocycles. The summed E-state index contributed by atoms with van der Waals surface area (Å²) in [7, 11) is 0. The Morgan fingerprint density at radius 2 is 1.71 bits per heavy atom. The van der Waals surface area contributed by atoms with Crippen molar-refractivity contribution in [1.29, 1.82) is 0 Å². The first-order valence-corrected chi connectivity index (χ1v) is 8.81. The molecular weight excluding hydrogens is 306 g/mol. The van der Waals surface area contributed by atoms with Gasteiger partial charge in [-0.25, -0.2) is 9.59 Å². The zero-order valence-electron chi connectivity index (χ0n) is 14.8. The summed E-state index contributed by atoms with van der Waals surface area (Å²) in [6, 6.07) is 8.81. The topological polar surface area (TPSA) is 64.6 Å².